The number of benzene rings is 1. The second kappa shape index (κ2) is 6.03. The second-order valence-electron chi connectivity index (χ2n) is 3.92. The maximum atomic E-state index is 5.91. The zero-order valence-electron chi connectivity index (χ0n) is 9.73. The van der Waals surface area contributed by atoms with Crippen LogP contribution in [0.1, 0.15) is 12.5 Å². The summed E-state index contributed by atoms with van der Waals surface area (Å²) in [6.45, 7) is 3.17. The Bertz CT molecular complexity index is 301. The molecule has 0 radical (unpaired) electrons. The third-order valence-corrected chi connectivity index (χ3v) is 3.45. The maximum Gasteiger partial charge on any atom is 0.0359 e. The number of nitrogens with zero attached hydrogens (tertiary/aromatic N) is 1. The third-order valence-electron chi connectivity index (χ3n) is 2.64. The van der Waals surface area contributed by atoms with Crippen molar-refractivity contribution in [3.05, 3.63) is 29.8 Å². The largest absolute Gasteiger partial charge is 0.398 e. The van der Waals surface area contributed by atoms with Gasteiger partial charge in [-0.25, -0.2) is 0 Å². The van der Waals surface area contributed by atoms with Crippen molar-refractivity contribution in [2.45, 2.75) is 19.5 Å². The molecular weight excluding hydrogens is 204 g/mol. The molecule has 0 saturated carbocycles. The molecule has 1 aromatic carbocycles. The van der Waals surface area contributed by atoms with E-state index < -0.39 is 0 Å². The molecule has 0 aliphatic rings. The molecule has 0 fully saturated rings. The minimum atomic E-state index is 0.583. The fraction of sp³-hybridized carbons (Fsp3) is 0.500. The van der Waals surface area contributed by atoms with Crippen LogP contribution in [-0.4, -0.2) is 30.0 Å². The molecule has 0 aliphatic heterocycles. The van der Waals surface area contributed by atoms with Crippen molar-refractivity contribution in [3.63, 3.8) is 0 Å². The van der Waals surface area contributed by atoms with Gasteiger partial charge in [-0.2, -0.15) is 11.8 Å². The highest BCUT2D eigenvalue weighted by Crippen LogP contribution is 2.14. The molecule has 1 atom stereocenters. The lowest BCUT2D eigenvalue weighted by Gasteiger charge is -2.24. The summed E-state index contributed by atoms with van der Waals surface area (Å²) in [5.41, 5.74) is 8.02. The Balaban J connectivity index is 2.58. The number of anilines is 1. The molecule has 0 amide bonds. The zero-order chi connectivity index (χ0) is 11.3. The van der Waals surface area contributed by atoms with Gasteiger partial charge in [0.15, 0.2) is 0 Å². The van der Waals surface area contributed by atoms with Crippen LogP contribution < -0.4 is 5.73 Å². The van der Waals surface area contributed by atoms with Crippen molar-refractivity contribution < 1.29 is 0 Å². The Morgan fingerprint density at radius 3 is 2.67 bits per heavy atom. The van der Waals surface area contributed by atoms with Crippen molar-refractivity contribution in [2.24, 2.45) is 0 Å². The van der Waals surface area contributed by atoms with Crippen LogP contribution in [0.25, 0.3) is 0 Å². The molecule has 1 unspecified atom stereocenters. The molecule has 15 heavy (non-hydrogen) atoms. The quantitative estimate of drug-likeness (QED) is 0.779. The van der Waals surface area contributed by atoms with Crippen LogP contribution in [0.2, 0.25) is 0 Å². The van der Waals surface area contributed by atoms with Crippen LogP contribution in [0.4, 0.5) is 5.69 Å². The van der Waals surface area contributed by atoms with Crippen molar-refractivity contribution in [1.29, 1.82) is 0 Å². The first-order valence-electron chi connectivity index (χ1n) is 5.17. The predicted molar refractivity (Wildman–Crippen MR) is 70.2 cm³/mol. The summed E-state index contributed by atoms with van der Waals surface area (Å²) >= 11 is 1.88. The first-order valence-corrected chi connectivity index (χ1v) is 6.57. The molecular formula is C12H20N2S. The summed E-state index contributed by atoms with van der Waals surface area (Å²) in [5, 5.41) is 0. The van der Waals surface area contributed by atoms with Crippen LogP contribution in [0.15, 0.2) is 24.3 Å². The lowest BCUT2D eigenvalue weighted by atomic mass is 10.1. The summed E-state index contributed by atoms with van der Waals surface area (Å²) in [4.78, 5) is 2.34. The van der Waals surface area contributed by atoms with E-state index in [2.05, 4.69) is 31.2 Å². The van der Waals surface area contributed by atoms with E-state index in [1.165, 1.54) is 5.56 Å². The molecule has 1 rings (SSSR count). The van der Waals surface area contributed by atoms with Crippen LogP contribution in [0.3, 0.4) is 0 Å². The third kappa shape index (κ3) is 3.76. The molecule has 2 N–H and O–H groups in total. The Kier molecular flexibility index (Phi) is 4.99. The lowest BCUT2D eigenvalue weighted by molar-refractivity contribution is 0.270. The zero-order valence-corrected chi connectivity index (χ0v) is 10.6. The number of hydrogen-bond donors (Lipinski definition) is 1. The van der Waals surface area contributed by atoms with E-state index in [-0.39, 0.29) is 0 Å². The van der Waals surface area contributed by atoms with Crippen molar-refractivity contribution in [3.8, 4) is 0 Å². The maximum absolute atomic E-state index is 5.91. The van der Waals surface area contributed by atoms with E-state index in [0.29, 0.717) is 6.04 Å². The minimum Gasteiger partial charge on any atom is -0.398 e. The van der Waals surface area contributed by atoms with E-state index >= 15 is 0 Å². The fourth-order valence-electron chi connectivity index (χ4n) is 1.47. The summed E-state index contributed by atoms with van der Waals surface area (Å²) in [6.07, 6.45) is 2.14. The number of rotatable bonds is 5. The van der Waals surface area contributed by atoms with Gasteiger partial charge in [0.25, 0.3) is 0 Å². The van der Waals surface area contributed by atoms with Gasteiger partial charge in [-0.1, -0.05) is 18.2 Å². The van der Waals surface area contributed by atoms with Gasteiger partial charge >= 0.3 is 0 Å². The monoisotopic (exact) mass is 224 g/mol. The summed E-state index contributed by atoms with van der Waals surface area (Å²) in [6, 6.07) is 8.66. The number of para-hydroxylation sites is 1. The lowest BCUT2D eigenvalue weighted by Crippen LogP contribution is -2.30. The predicted octanol–water partition coefficient (Wildman–Crippen LogP) is 2.45. The van der Waals surface area contributed by atoms with Crippen molar-refractivity contribution in [2.75, 3.05) is 24.8 Å². The second-order valence-corrected chi connectivity index (χ2v) is 4.83. The van der Waals surface area contributed by atoms with E-state index in [1.54, 1.807) is 0 Å². The molecule has 1 aromatic rings. The average molecular weight is 224 g/mol. The molecule has 0 bridgehead atoms. The Morgan fingerprint density at radius 2 is 2.07 bits per heavy atom. The van der Waals surface area contributed by atoms with Crippen LogP contribution in [0.5, 0.6) is 0 Å². The van der Waals surface area contributed by atoms with Gasteiger partial charge in [0.2, 0.25) is 0 Å². The van der Waals surface area contributed by atoms with Gasteiger partial charge in [-0.05, 0) is 31.9 Å². The summed E-state index contributed by atoms with van der Waals surface area (Å²) in [5.74, 6) is 1.16. The first kappa shape index (κ1) is 12.4. The fourth-order valence-corrected chi connectivity index (χ4v) is 2.21. The van der Waals surface area contributed by atoms with E-state index in [0.717, 1.165) is 18.0 Å². The molecule has 0 aliphatic carbocycles. The Hall–Kier alpha value is -0.670. The van der Waals surface area contributed by atoms with Crippen molar-refractivity contribution >= 4 is 17.4 Å². The Morgan fingerprint density at radius 1 is 1.40 bits per heavy atom. The number of nitrogens with two attached hydrogens (primary N) is 1. The van der Waals surface area contributed by atoms with Crippen LogP contribution in [0, 0.1) is 0 Å². The highest BCUT2D eigenvalue weighted by Gasteiger charge is 2.09. The molecule has 3 heteroatoms. The van der Waals surface area contributed by atoms with Gasteiger partial charge in [-0.15, -0.1) is 0 Å². The van der Waals surface area contributed by atoms with Gasteiger partial charge in [0.05, 0.1) is 0 Å². The topological polar surface area (TPSA) is 29.3 Å². The standard InChI is InChI=1S/C12H20N2S/c1-10(9-15-3)14(2)8-11-6-4-5-7-12(11)13/h4-7,10H,8-9,13H2,1-3H3. The van der Waals surface area contributed by atoms with Gasteiger partial charge < -0.3 is 5.73 Å². The van der Waals surface area contributed by atoms with Gasteiger partial charge in [0, 0.05) is 24.0 Å². The van der Waals surface area contributed by atoms with Gasteiger partial charge in [0.1, 0.15) is 0 Å². The molecule has 84 valence electrons. The normalized spacial score (nSPS) is 13.1. The SMILES string of the molecule is CSCC(C)N(C)Cc1ccccc1N. The van der Waals surface area contributed by atoms with Crippen LogP contribution in [-0.2, 0) is 6.54 Å². The molecule has 0 spiro atoms. The minimum absolute atomic E-state index is 0.583. The van der Waals surface area contributed by atoms with Crippen LogP contribution >= 0.6 is 11.8 Å². The summed E-state index contributed by atoms with van der Waals surface area (Å²) < 4.78 is 0. The highest BCUT2D eigenvalue weighted by atomic mass is 32.2. The van der Waals surface area contributed by atoms with E-state index in [4.69, 9.17) is 5.73 Å². The molecule has 0 heterocycles. The number of nitrogen functional groups attached to an aromatic ring is 1. The summed E-state index contributed by atoms with van der Waals surface area (Å²) in [7, 11) is 2.15. The molecule has 0 aromatic heterocycles. The van der Waals surface area contributed by atoms with E-state index in [9.17, 15) is 0 Å². The number of hydrogen-bond acceptors (Lipinski definition) is 3. The molecule has 2 nitrogen and oxygen atoms in total. The Labute approximate surface area is 96.8 Å². The first-order chi connectivity index (χ1) is 7.15. The average Bonchev–Trinajstić information content (AvgIpc) is 2.21. The molecule has 0 saturated heterocycles. The smallest absolute Gasteiger partial charge is 0.0359 e. The highest BCUT2D eigenvalue weighted by molar-refractivity contribution is 7.98. The van der Waals surface area contributed by atoms with E-state index in [1.807, 2.05) is 30.0 Å². The van der Waals surface area contributed by atoms with Gasteiger partial charge in [-0.3, -0.25) is 4.90 Å². The number of thioether (sulfide) groups is 1. The van der Waals surface area contributed by atoms with Crippen molar-refractivity contribution in [1.82, 2.24) is 4.90 Å².